The molecule has 2 N–H and O–H groups in total. The summed E-state index contributed by atoms with van der Waals surface area (Å²) in [4.78, 5) is 0. The summed E-state index contributed by atoms with van der Waals surface area (Å²) in [5.41, 5.74) is 6.37. The Hall–Kier alpha value is -1.00. The van der Waals surface area contributed by atoms with Gasteiger partial charge in [-0.25, -0.2) is 8.78 Å². The van der Waals surface area contributed by atoms with Gasteiger partial charge in [0.2, 0.25) is 0 Å². The summed E-state index contributed by atoms with van der Waals surface area (Å²) in [6.45, 7) is 0. The van der Waals surface area contributed by atoms with Gasteiger partial charge in [0.25, 0.3) is 0 Å². The minimum absolute atomic E-state index is 0.419. The van der Waals surface area contributed by atoms with Crippen molar-refractivity contribution in [1.29, 1.82) is 0 Å². The van der Waals surface area contributed by atoms with Crippen molar-refractivity contribution in [3.8, 4) is 0 Å². The van der Waals surface area contributed by atoms with Crippen molar-refractivity contribution in [3.63, 3.8) is 0 Å². The van der Waals surface area contributed by atoms with Gasteiger partial charge < -0.3 is 10.5 Å². The highest BCUT2D eigenvalue weighted by atomic mass is 19.2. The molecule has 0 bridgehead atoms. The Morgan fingerprint density at radius 2 is 1.83 bits per heavy atom. The molecule has 4 heteroatoms. The standard InChI is InChI=1S/C14H19F2NO/c1-18-14(7-3-2-4-8-14)13(17)10-5-6-11(15)12(16)9-10/h5-6,9,13H,2-4,7-8,17H2,1H3. The predicted octanol–water partition coefficient (Wildman–Crippen LogP) is 3.31. The Balaban J connectivity index is 2.27. The van der Waals surface area contributed by atoms with Crippen LogP contribution < -0.4 is 5.73 Å². The van der Waals surface area contributed by atoms with Crippen LogP contribution in [-0.2, 0) is 4.74 Å². The van der Waals surface area contributed by atoms with Crippen molar-refractivity contribution in [2.75, 3.05) is 7.11 Å². The molecular formula is C14H19F2NO. The Morgan fingerprint density at radius 3 is 2.39 bits per heavy atom. The van der Waals surface area contributed by atoms with Gasteiger partial charge in [0, 0.05) is 7.11 Å². The molecule has 1 aromatic carbocycles. The van der Waals surface area contributed by atoms with Gasteiger partial charge in [-0.1, -0.05) is 25.3 Å². The zero-order valence-corrected chi connectivity index (χ0v) is 10.6. The van der Waals surface area contributed by atoms with Gasteiger partial charge in [-0.15, -0.1) is 0 Å². The number of benzene rings is 1. The molecule has 2 nitrogen and oxygen atoms in total. The van der Waals surface area contributed by atoms with E-state index in [4.69, 9.17) is 10.5 Å². The second-order valence-corrected chi connectivity index (χ2v) is 4.98. The van der Waals surface area contributed by atoms with E-state index in [1.807, 2.05) is 0 Å². The first kappa shape index (κ1) is 13.4. The Bertz CT molecular complexity index is 416. The predicted molar refractivity (Wildman–Crippen MR) is 66.1 cm³/mol. The molecule has 0 aliphatic heterocycles. The van der Waals surface area contributed by atoms with Gasteiger partial charge in [0.1, 0.15) is 0 Å². The van der Waals surface area contributed by atoms with Crippen LogP contribution in [0.1, 0.15) is 43.7 Å². The third-order valence-electron chi connectivity index (χ3n) is 3.98. The summed E-state index contributed by atoms with van der Waals surface area (Å²) < 4.78 is 31.8. The van der Waals surface area contributed by atoms with Crippen LogP contribution in [0.15, 0.2) is 18.2 Å². The molecule has 1 unspecified atom stereocenters. The van der Waals surface area contributed by atoms with E-state index in [9.17, 15) is 8.78 Å². The summed E-state index contributed by atoms with van der Waals surface area (Å²) in [5, 5.41) is 0. The van der Waals surface area contributed by atoms with Gasteiger partial charge >= 0.3 is 0 Å². The molecule has 18 heavy (non-hydrogen) atoms. The number of methoxy groups -OCH3 is 1. The SMILES string of the molecule is COC1(C(N)c2ccc(F)c(F)c2)CCCCC1. The molecule has 1 atom stereocenters. The van der Waals surface area contributed by atoms with Crippen molar-refractivity contribution in [2.24, 2.45) is 5.73 Å². The zero-order valence-electron chi connectivity index (χ0n) is 10.6. The maximum absolute atomic E-state index is 13.3. The first-order chi connectivity index (χ1) is 8.59. The van der Waals surface area contributed by atoms with Crippen molar-refractivity contribution >= 4 is 0 Å². The van der Waals surface area contributed by atoms with Crippen LogP contribution in [-0.4, -0.2) is 12.7 Å². The molecule has 1 aliphatic rings. The Labute approximate surface area is 106 Å². The molecule has 1 aliphatic carbocycles. The largest absolute Gasteiger partial charge is 0.376 e. The summed E-state index contributed by atoms with van der Waals surface area (Å²) in [7, 11) is 1.64. The summed E-state index contributed by atoms with van der Waals surface area (Å²) in [5.74, 6) is -1.70. The van der Waals surface area contributed by atoms with Gasteiger partial charge in [-0.2, -0.15) is 0 Å². The molecule has 0 amide bonds. The van der Waals surface area contributed by atoms with Gasteiger partial charge in [-0.3, -0.25) is 0 Å². The molecule has 1 saturated carbocycles. The maximum Gasteiger partial charge on any atom is 0.159 e. The van der Waals surface area contributed by atoms with Crippen LogP contribution in [0.3, 0.4) is 0 Å². The lowest BCUT2D eigenvalue weighted by atomic mass is 9.77. The van der Waals surface area contributed by atoms with E-state index < -0.39 is 23.3 Å². The fourth-order valence-electron chi connectivity index (χ4n) is 2.80. The smallest absolute Gasteiger partial charge is 0.159 e. The topological polar surface area (TPSA) is 35.2 Å². The first-order valence-corrected chi connectivity index (χ1v) is 6.35. The highest BCUT2D eigenvalue weighted by molar-refractivity contribution is 5.24. The fraction of sp³-hybridized carbons (Fsp3) is 0.571. The molecular weight excluding hydrogens is 236 g/mol. The van der Waals surface area contributed by atoms with E-state index in [0.29, 0.717) is 5.56 Å². The summed E-state index contributed by atoms with van der Waals surface area (Å²) >= 11 is 0. The average molecular weight is 255 g/mol. The van der Waals surface area contributed by atoms with Crippen molar-refractivity contribution in [3.05, 3.63) is 35.4 Å². The van der Waals surface area contributed by atoms with E-state index in [1.165, 1.54) is 12.5 Å². The van der Waals surface area contributed by atoms with Crippen molar-refractivity contribution in [2.45, 2.75) is 43.7 Å². The first-order valence-electron chi connectivity index (χ1n) is 6.35. The molecule has 1 fully saturated rings. The van der Waals surface area contributed by atoms with Crippen LogP contribution in [0.25, 0.3) is 0 Å². The number of hydrogen-bond acceptors (Lipinski definition) is 2. The highest BCUT2D eigenvalue weighted by Crippen LogP contribution is 2.39. The number of nitrogens with two attached hydrogens (primary N) is 1. The van der Waals surface area contributed by atoms with E-state index in [-0.39, 0.29) is 0 Å². The summed E-state index contributed by atoms with van der Waals surface area (Å²) in [6, 6.07) is 3.42. The molecule has 0 heterocycles. The third kappa shape index (κ3) is 2.40. The zero-order chi connectivity index (χ0) is 13.2. The van der Waals surface area contributed by atoms with Crippen molar-refractivity contribution < 1.29 is 13.5 Å². The maximum atomic E-state index is 13.3. The van der Waals surface area contributed by atoms with Crippen LogP contribution >= 0.6 is 0 Å². The second kappa shape index (κ2) is 5.33. The minimum atomic E-state index is -0.856. The molecule has 0 spiro atoms. The van der Waals surface area contributed by atoms with Crippen LogP contribution in [0.4, 0.5) is 8.78 Å². The lowest BCUT2D eigenvalue weighted by Crippen LogP contribution is -2.44. The number of hydrogen-bond donors (Lipinski definition) is 1. The van der Waals surface area contributed by atoms with Gasteiger partial charge in [0.15, 0.2) is 11.6 Å². The molecule has 2 rings (SSSR count). The van der Waals surface area contributed by atoms with Gasteiger partial charge in [0.05, 0.1) is 11.6 Å². The highest BCUT2D eigenvalue weighted by Gasteiger charge is 2.39. The normalized spacial score (nSPS) is 20.7. The van der Waals surface area contributed by atoms with E-state index in [2.05, 4.69) is 0 Å². The fourth-order valence-corrected chi connectivity index (χ4v) is 2.80. The number of rotatable bonds is 3. The Kier molecular flexibility index (Phi) is 3.97. The lowest BCUT2D eigenvalue weighted by Gasteiger charge is -2.41. The molecule has 0 saturated heterocycles. The molecule has 0 radical (unpaired) electrons. The average Bonchev–Trinajstić information content (AvgIpc) is 2.42. The van der Waals surface area contributed by atoms with Crippen LogP contribution in [0, 0.1) is 11.6 Å². The molecule has 100 valence electrons. The van der Waals surface area contributed by atoms with Gasteiger partial charge in [-0.05, 0) is 30.5 Å². The van der Waals surface area contributed by atoms with E-state index in [1.54, 1.807) is 13.2 Å². The van der Waals surface area contributed by atoms with E-state index in [0.717, 1.165) is 31.7 Å². The Morgan fingerprint density at radius 1 is 1.17 bits per heavy atom. The monoisotopic (exact) mass is 255 g/mol. The number of halogens is 2. The van der Waals surface area contributed by atoms with Crippen LogP contribution in [0.2, 0.25) is 0 Å². The molecule has 1 aromatic rings. The molecule has 0 aromatic heterocycles. The minimum Gasteiger partial charge on any atom is -0.376 e. The van der Waals surface area contributed by atoms with E-state index >= 15 is 0 Å². The second-order valence-electron chi connectivity index (χ2n) is 4.98. The quantitative estimate of drug-likeness (QED) is 0.899. The third-order valence-corrected chi connectivity index (χ3v) is 3.98. The lowest BCUT2D eigenvalue weighted by molar-refractivity contribution is -0.0596. The number of ether oxygens (including phenoxy) is 1. The summed E-state index contributed by atoms with van der Waals surface area (Å²) in [6.07, 6.45) is 5.03. The van der Waals surface area contributed by atoms with Crippen molar-refractivity contribution in [1.82, 2.24) is 0 Å². The van der Waals surface area contributed by atoms with Crippen LogP contribution in [0.5, 0.6) is 0 Å².